The molecule has 0 amide bonds. The van der Waals surface area contributed by atoms with E-state index in [0.717, 1.165) is 30.3 Å². The lowest BCUT2D eigenvalue weighted by atomic mass is 9.74. The van der Waals surface area contributed by atoms with Crippen molar-refractivity contribution in [2.24, 2.45) is 0 Å². The van der Waals surface area contributed by atoms with E-state index in [1.165, 1.54) is 26.0 Å². The zero-order valence-corrected chi connectivity index (χ0v) is 19.7. The zero-order valence-electron chi connectivity index (χ0n) is 19.7. The molecule has 0 bridgehead atoms. The topological polar surface area (TPSA) is 27.0 Å². The fourth-order valence-corrected chi connectivity index (χ4v) is 5.14. The number of hydrogen-bond donors (Lipinski definition) is 0. The first-order valence-electron chi connectivity index (χ1n) is 11.5. The Labute approximate surface area is 205 Å². The van der Waals surface area contributed by atoms with E-state index in [0.29, 0.717) is 29.7 Å². The van der Waals surface area contributed by atoms with Gasteiger partial charge < -0.3 is 0 Å². The molecule has 3 aromatic rings. The van der Waals surface area contributed by atoms with Crippen LogP contribution in [-0.2, 0) is 6.18 Å². The Morgan fingerprint density at radius 2 is 1.50 bits per heavy atom. The molecular weight excluding hydrogens is 478 g/mol. The Bertz CT molecular complexity index is 1250. The van der Waals surface area contributed by atoms with Gasteiger partial charge in [0.05, 0.1) is 23.2 Å². The van der Waals surface area contributed by atoms with Crippen LogP contribution < -0.4 is 0 Å². The van der Waals surface area contributed by atoms with Crippen LogP contribution in [0.4, 0.5) is 26.3 Å². The monoisotopic (exact) mass is 502 g/mol. The summed E-state index contributed by atoms with van der Waals surface area (Å²) in [6.45, 7) is 3.18. The van der Waals surface area contributed by atoms with Crippen molar-refractivity contribution in [3.05, 3.63) is 106 Å². The minimum Gasteiger partial charge on any atom is -0.289 e. The second-order valence-electron chi connectivity index (χ2n) is 9.60. The molecule has 0 spiro atoms. The average molecular weight is 503 g/mol. The number of nitrogens with zero attached hydrogens (tertiary/aromatic N) is 2. The number of rotatable bonds is 6. The molecule has 0 radical (unpaired) electrons. The van der Waals surface area contributed by atoms with Crippen LogP contribution in [0.3, 0.4) is 0 Å². The lowest BCUT2D eigenvalue weighted by Crippen LogP contribution is -2.56. The fraction of sp³-hybridized carbons (Fsp3) is 0.321. The molecule has 1 unspecified atom stereocenters. The molecule has 3 atom stereocenters. The van der Waals surface area contributed by atoms with Gasteiger partial charge in [0.25, 0.3) is 0 Å². The molecule has 36 heavy (non-hydrogen) atoms. The molecule has 0 aliphatic carbocycles. The van der Waals surface area contributed by atoms with Gasteiger partial charge in [0.15, 0.2) is 0 Å². The summed E-state index contributed by atoms with van der Waals surface area (Å²) in [5.74, 6) is -2.54. The highest BCUT2D eigenvalue weighted by Crippen LogP contribution is 2.47. The summed E-state index contributed by atoms with van der Waals surface area (Å²) in [5, 5.41) is 9.39. The highest BCUT2D eigenvalue weighted by molar-refractivity contribution is 5.41. The van der Waals surface area contributed by atoms with Crippen LogP contribution in [0, 0.1) is 23.0 Å². The van der Waals surface area contributed by atoms with Gasteiger partial charge in [-0.05, 0) is 73.4 Å². The molecule has 1 aliphatic heterocycles. The summed E-state index contributed by atoms with van der Waals surface area (Å²) >= 11 is 0. The Hall–Kier alpha value is -3.31. The van der Waals surface area contributed by atoms with Gasteiger partial charge in [0.2, 0.25) is 0 Å². The van der Waals surface area contributed by atoms with Gasteiger partial charge in [-0.25, -0.2) is 13.2 Å². The normalized spacial score (nSPS) is 18.2. The lowest BCUT2D eigenvalue weighted by molar-refractivity contribution is -0.137. The third-order valence-corrected chi connectivity index (χ3v) is 6.69. The van der Waals surface area contributed by atoms with Crippen molar-refractivity contribution < 1.29 is 26.3 Å². The largest absolute Gasteiger partial charge is 0.416 e. The van der Waals surface area contributed by atoms with Crippen molar-refractivity contribution in [2.75, 3.05) is 6.54 Å². The summed E-state index contributed by atoms with van der Waals surface area (Å²) in [7, 11) is 0. The minimum absolute atomic E-state index is 0.173. The van der Waals surface area contributed by atoms with E-state index in [9.17, 15) is 27.2 Å². The van der Waals surface area contributed by atoms with E-state index in [-0.39, 0.29) is 5.56 Å². The van der Waals surface area contributed by atoms with Crippen LogP contribution in [0.2, 0.25) is 0 Å². The van der Waals surface area contributed by atoms with E-state index in [1.54, 1.807) is 24.3 Å². The summed E-state index contributed by atoms with van der Waals surface area (Å²) in [4.78, 5) is 1.92. The van der Waals surface area contributed by atoms with Crippen molar-refractivity contribution in [3.63, 3.8) is 0 Å². The molecule has 0 N–H and O–H groups in total. The molecule has 3 aromatic carbocycles. The molecule has 1 saturated heterocycles. The van der Waals surface area contributed by atoms with Crippen molar-refractivity contribution in [3.8, 4) is 6.07 Å². The minimum atomic E-state index is -4.50. The highest BCUT2D eigenvalue weighted by Gasteiger charge is 2.47. The van der Waals surface area contributed by atoms with Crippen LogP contribution in [0.5, 0.6) is 0 Å². The van der Waals surface area contributed by atoms with Gasteiger partial charge in [-0.15, -0.1) is 0 Å². The van der Waals surface area contributed by atoms with Gasteiger partial charge in [0, 0.05) is 24.6 Å². The van der Waals surface area contributed by atoms with Crippen LogP contribution in [-0.4, -0.2) is 23.2 Å². The number of nitriles is 1. The lowest BCUT2D eigenvalue weighted by Gasteiger charge is -2.52. The molecule has 188 valence electrons. The van der Waals surface area contributed by atoms with Crippen molar-refractivity contribution >= 4 is 0 Å². The molecular formula is C28H24F6N2. The Morgan fingerprint density at radius 1 is 0.861 bits per heavy atom. The fourth-order valence-electron chi connectivity index (χ4n) is 5.14. The van der Waals surface area contributed by atoms with E-state index in [4.69, 9.17) is 0 Å². The van der Waals surface area contributed by atoms with Crippen LogP contribution in [0.1, 0.15) is 60.0 Å². The van der Waals surface area contributed by atoms with Crippen molar-refractivity contribution in [1.82, 2.24) is 4.90 Å². The van der Waals surface area contributed by atoms with Gasteiger partial charge in [-0.3, -0.25) is 4.90 Å². The molecule has 1 heterocycles. The van der Waals surface area contributed by atoms with Gasteiger partial charge >= 0.3 is 6.18 Å². The van der Waals surface area contributed by atoms with Crippen LogP contribution in [0.15, 0.2) is 66.7 Å². The van der Waals surface area contributed by atoms with E-state index < -0.39 is 47.0 Å². The SMILES string of the molecule is CC(C)(F)[C@@H](c1cc(F)cc(F)c1)[C@@H]1CCN1C(c1ccc(C(F)(F)F)cc1)c1cccc(C#N)c1. The number of hydrogen-bond acceptors (Lipinski definition) is 2. The average Bonchev–Trinajstić information content (AvgIpc) is 2.78. The summed E-state index contributed by atoms with van der Waals surface area (Å²) < 4.78 is 83.3. The molecule has 0 aromatic heterocycles. The van der Waals surface area contributed by atoms with E-state index in [1.807, 2.05) is 4.90 Å². The Balaban J connectivity index is 1.80. The van der Waals surface area contributed by atoms with E-state index >= 15 is 4.39 Å². The van der Waals surface area contributed by atoms with Crippen LogP contribution >= 0.6 is 0 Å². The standard InChI is InChI=1S/C28H24F6N2/c1-27(2,31)25(20-13-22(29)15-23(30)14-20)24-10-11-36(24)26(19-5-3-4-17(12-19)16-35)18-6-8-21(9-7-18)28(32,33)34/h3-9,12-15,24-26H,10-11H2,1-2H3/t24-,25-,26?/m0/s1. The van der Waals surface area contributed by atoms with Crippen LogP contribution in [0.25, 0.3) is 0 Å². The third kappa shape index (κ3) is 5.26. The predicted octanol–water partition coefficient (Wildman–Crippen LogP) is 7.55. The second kappa shape index (κ2) is 9.62. The molecule has 4 rings (SSSR count). The summed E-state index contributed by atoms with van der Waals surface area (Å²) in [5.41, 5.74) is -0.928. The first kappa shape index (κ1) is 25.8. The molecule has 0 saturated carbocycles. The summed E-state index contributed by atoms with van der Waals surface area (Å²) in [6, 6.07) is 15.4. The van der Waals surface area contributed by atoms with Gasteiger partial charge in [0.1, 0.15) is 17.3 Å². The first-order valence-corrected chi connectivity index (χ1v) is 11.5. The van der Waals surface area contributed by atoms with Gasteiger partial charge in [-0.1, -0.05) is 24.3 Å². The Morgan fingerprint density at radius 3 is 2.00 bits per heavy atom. The molecule has 2 nitrogen and oxygen atoms in total. The Kier molecular flexibility index (Phi) is 6.89. The highest BCUT2D eigenvalue weighted by atomic mass is 19.4. The maximum absolute atomic E-state index is 15.6. The third-order valence-electron chi connectivity index (χ3n) is 6.69. The molecule has 8 heteroatoms. The quantitative estimate of drug-likeness (QED) is 0.326. The zero-order chi connectivity index (χ0) is 26.3. The predicted molar refractivity (Wildman–Crippen MR) is 124 cm³/mol. The maximum Gasteiger partial charge on any atom is 0.416 e. The van der Waals surface area contributed by atoms with Gasteiger partial charge in [-0.2, -0.15) is 18.4 Å². The number of benzene rings is 3. The summed E-state index contributed by atoms with van der Waals surface area (Å²) in [6.07, 6.45) is -3.98. The molecule has 1 fully saturated rings. The number of alkyl halides is 4. The van der Waals surface area contributed by atoms with E-state index in [2.05, 4.69) is 6.07 Å². The second-order valence-corrected chi connectivity index (χ2v) is 9.60. The van der Waals surface area contributed by atoms with Crippen molar-refractivity contribution in [1.29, 1.82) is 5.26 Å². The maximum atomic E-state index is 15.6. The smallest absolute Gasteiger partial charge is 0.289 e. The number of halogens is 6. The van der Waals surface area contributed by atoms with Crippen molar-refractivity contribution in [2.45, 2.75) is 50.1 Å². The number of likely N-dealkylation sites (tertiary alicyclic amines) is 1. The first-order chi connectivity index (χ1) is 16.9. The molecule has 1 aliphatic rings.